The lowest BCUT2D eigenvalue weighted by Gasteiger charge is -2.20. The van der Waals surface area contributed by atoms with Crippen LogP contribution in [0, 0.1) is 10.1 Å². The summed E-state index contributed by atoms with van der Waals surface area (Å²) in [5.74, 6) is -1.88. The van der Waals surface area contributed by atoms with Gasteiger partial charge in [0.25, 0.3) is 5.69 Å². The molecular formula is C26H19NO7. The van der Waals surface area contributed by atoms with Crippen LogP contribution in [-0.2, 0) is 20.9 Å². The summed E-state index contributed by atoms with van der Waals surface area (Å²) in [7, 11) is 0. The van der Waals surface area contributed by atoms with Crippen LogP contribution in [0.2, 0.25) is 0 Å². The van der Waals surface area contributed by atoms with E-state index in [0.29, 0.717) is 5.56 Å². The van der Waals surface area contributed by atoms with Crippen molar-refractivity contribution in [3.05, 3.63) is 117 Å². The molecule has 0 aliphatic heterocycles. The van der Waals surface area contributed by atoms with Crippen LogP contribution in [-0.4, -0.2) is 35.7 Å². The average molecular weight is 457 g/mol. The highest BCUT2D eigenvalue weighted by atomic mass is 16.6. The molecule has 8 heteroatoms. The van der Waals surface area contributed by atoms with Gasteiger partial charge in [-0.2, -0.15) is 0 Å². The second-order valence-corrected chi connectivity index (χ2v) is 7.43. The zero-order valence-corrected chi connectivity index (χ0v) is 17.9. The van der Waals surface area contributed by atoms with Gasteiger partial charge in [-0.05, 0) is 23.3 Å². The number of ketones is 2. The van der Waals surface area contributed by atoms with Gasteiger partial charge in [0.2, 0.25) is 5.78 Å². The van der Waals surface area contributed by atoms with Crippen molar-refractivity contribution in [3.63, 3.8) is 0 Å². The second-order valence-electron chi connectivity index (χ2n) is 7.43. The van der Waals surface area contributed by atoms with Gasteiger partial charge < -0.3 is 9.47 Å². The Balaban J connectivity index is 1.46. The van der Waals surface area contributed by atoms with Crippen molar-refractivity contribution in [2.45, 2.75) is 6.61 Å². The molecule has 1 aliphatic rings. The summed E-state index contributed by atoms with van der Waals surface area (Å²) >= 11 is 0. The average Bonchev–Trinajstić information content (AvgIpc) is 2.86. The smallest absolute Gasteiger partial charge is 0.343 e. The Bertz CT molecular complexity index is 1290. The number of hydrogen-bond acceptors (Lipinski definition) is 7. The molecule has 0 amide bonds. The molecule has 0 atom stereocenters. The van der Waals surface area contributed by atoms with Crippen molar-refractivity contribution < 1.29 is 28.8 Å². The highest BCUT2D eigenvalue weighted by Gasteiger charge is 2.37. The number of non-ortho nitro benzene ring substituents is 1. The van der Waals surface area contributed by atoms with E-state index >= 15 is 0 Å². The normalized spacial score (nSPS) is 12.9. The SMILES string of the molecule is O=C(OCCOCc1ccc([N+](=O)[O-])cc1)C1=C(c2ccccc2)C(=O)c2ccccc2C1=O. The number of esters is 1. The minimum Gasteiger partial charge on any atom is -0.460 e. The third-order valence-electron chi connectivity index (χ3n) is 5.26. The van der Waals surface area contributed by atoms with E-state index in [1.54, 1.807) is 60.7 Å². The van der Waals surface area contributed by atoms with Crippen LogP contribution >= 0.6 is 0 Å². The third-order valence-corrected chi connectivity index (χ3v) is 5.26. The minimum absolute atomic E-state index is 0.0149. The number of nitrogens with zero attached hydrogens (tertiary/aromatic N) is 1. The Kier molecular flexibility index (Phi) is 6.70. The van der Waals surface area contributed by atoms with Crippen LogP contribution in [0.4, 0.5) is 5.69 Å². The molecular weight excluding hydrogens is 438 g/mol. The van der Waals surface area contributed by atoms with Crippen LogP contribution in [0.1, 0.15) is 31.8 Å². The van der Waals surface area contributed by atoms with Crippen molar-refractivity contribution in [1.29, 1.82) is 0 Å². The lowest BCUT2D eigenvalue weighted by atomic mass is 9.81. The standard InChI is InChI=1S/C26H19NO7/c28-24-20-8-4-5-9-21(20)25(29)23(22(24)18-6-2-1-3-7-18)26(30)34-15-14-33-16-17-10-12-19(13-11-17)27(31)32/h1-13H,14-16H2. The van der Waals surface area contributed by atoms with Crippen molar-refractivity contribution in [2.24, 2.45) is 0 Å². The number of hydrogen-bond donors (Lipinski definition) is 0. The second kappa shape index (κ2) is 10.0. The molecule has 0 bridgehead atoms. The molecule has 170 valence electrons. The molecule has 0 spiro atoms. The fourth-order valence-corrected chi connectivity index (χ4v) is 3.62. The van der Waals surface area contributed by atoms with Crippen LogP contribution in [0.3, 0.4) is 0 Å². The summed E-state index contributed by atoms with van der Waals surface area (Å²) in [6, 6.07) is 20.8. The minimum atomic E-state index is -0.898. The van der Waals surface area contributed by atoms with Crippen LogP contribution in [0.25, 0.3) is 5.57 Å². The van der Waals surface area contributed by atoms with Gasteiger partial charge in [0.05, 0.1) is 18.1 Å². The van der Waals surface area contributed by atoms with Crippen molar-refractivity contribution in [2.75, 3.05) is 13.2 Å². The van der Waals surface area contributed by atoms with Crippen LogP contribution < -0.4 is 0 Å². The predicted octanol–water partition coefficient (Wildman–Crippen LogP) is 4.19. The highest BCUT2D eigenvalue weighted by molar-refractivity contribution is 6.46. The summed E-state index contributed by atoms with van der Waals surface area (Å²) in [6.07, 6.45) is 0. The summed E-state index contributed by atoms with van der Waals surface area (Å²) in [5.41, 5.74) is 1.27. The van der Waals surface area contributed by atoms with E-state index in [1.807, 2.05) is 0 Å². The number of nitro benzene ring substituents is 1. The summed E-state index contributed by atoms with van der Waals surface area (Å²) < 4.78 is 10.7. The quantitative estimate of drug-likeness (QED) is 0.164. The maximum absolute atomic E-state index is 13.2. The number of allylic oxidation sites excluding steroid dienone is 1. The van der Waals surface area contributed by atoms with Gasteiger partial charge in [0, 0.05) is 28.8 Å². The fraction of sp³-hybridized carbons (Fsp3) is 0.115. The van der Waals surface area contributed by atoms with E-state index in [0.717, 1.165) is 5.56 Å². The molecule has 0 radical (unpaired) electrons. The van der Waals surface area contributed by atoms with Gasteiger partial charge in [-0.15, -0.1) is 0 Å². The molecule has 0 fully saturated rings. The van der Waals surface area contributed by atoms with Gasteiger partial charge >= 0.3 is 5.97 Å². The Hall–Kier alpha value is -4.43. The van der Waals surface area contributed by atoms with Crippen molar-refractivity contribution in [3.8, 4) is 0 Å². The van der Waals surface area contributed by atoms with Gasteiger partial charge in [-0.1, -0.05) is 54.6 Å². The van der Waals surface area contributed by atoms with E-state index in [-0.39, 0.29) is 47.8 Å². The molecule has 0 aromatic heterocycles. The molecule has 3 aromatic carbocycles. The van der Waals surface area contributed by atoms with Crippen molar-refractivity contribution >= 4 is 28.8 Å². The first-order chi connectivity index (χ1) is 16.5. The van der Waals surface area contributed by atoms with Gasteiger partial charge in [-0.3, -0.25) is 19.7 Å². The monoisotopic (exact) mass is 457 g/mol. The van der Waals surface area contributed by atoms with E-state index in [4.69, 9.17) is 9.47 Å². The lowest BCUT2D eigenvalue weighted by Crippen LogP contribution is -2.27. The summed E-state index contributed by atoms with van der Waals surface area (Å²) in [5, 5.41) is 10.7. The lowest BCUT2D eigenvalue weighted by molar-refractivity contribution is -0.384. The fourth-order valence-electron chi connectivity index (χ4n) is 3.62. The van der Waals surface area contributed by atoms with Gasteiger partial charge in [0.15, 0.2) is 5.78 Å². The number of ether oxygens (including phenoxy) is 2. The molecule has 0 N–H and O–H groups in total. The van der Waals surface area contributed by atoms with E-state index in [9.17, 15) is 24.5 Å². The molecule has 0 heterocycles. The molecule has 1 aliphatic carbocycles. The molecule has 4 rings (SSSR count). The van der Waals surface area contributed by atoms with Gasteiger partial charge in [0.1, 0.15) is 12.2 Å². The number of carbonyl (C=O) groups is 3. The number of nitro groups is 1. The number of benzene rings is 3. The number of rotatable bonds is 8. The molecule has 0 saturated heterocycles. The highest BCUT2D eigenvalue weighted by Crippen LogP contribution is 2.33. The van der Waals surface area contributed by atoms with E-state index < -0.39 is 22.5 Å². The van der Waals surface area contributed by atoms with E-state index in [1.165, 1.54) is 18.2 Å². The maximum atomic E-state index is 13.2. The van der Waals surface area contributed by atoms with Crippen molar-refractivity contribution in [1.82, 2.24) is 0 Å². The Morgan fingerprint density at radius 2 is 1.41 bits per heavy atom. The number of carbonyl (C=O) groups excluding carboxylic acids is 3. The molecule has 0 unspecified atom stereocenters. The Morgan fingerprint density at radius 1 is 0.794 bits per heavy atom. The number of fused-ring (bicyclic) bond motifs is 1. The topological polar surface area (TPSA) is 113 Å². The molecule has 3 aromatic rings. The Labute approximate surface area is 194 Å². The summed E-state index contributed by atoms with van der Waals surface area (Å²) in [6.45, 7) is 0.0637. The molecule has 8 nitrogen and oxygen atoms in total. The molecule has 0 saturated carbocycles. The molecule has 34 heavy (non-hydrogen) atoms. The number of Topliss-reactive ketones (excluding diaryl/α,β-unsaturated/α-hetero) is 2. The zero-order chi connectivity index (χ0) is 24.1. The van der Waals surface area contributed by atoms with Gasteiger partial charge in [-0.25, -0.2) is 4.79 Å². The third kappa shape index (κ3) is 4.67. The zero-order valence-electron chi connectivity index (χ0n) is 17.9. The largest absolute Gasteiger partial charge is 0.460 e. The first-order valence-corrected chi connectivity index (χ1v) is 10.4. The maximum Gasteiger partial charge on any atom is 0.343 e. The van der Waals surface area contributed by atoms with Crippen LogP contribution in [0.15, 0.2) is 84.4 Å². The first-order valence-electron chi connectivity index (χ1n) is 10.4. The first kappa shape index (κ1) is 22.8. The predicted molar refractivity (Wildman–Crippen MR) is 122 cm³/mol. The Morgan fingerprint density at radius 3 is 2.06 bits per heavy atom. The van der Waals surface area contributed by atoms with Crippen LogP contribution in [0.5, 0.6) is 0 Å². The summed E-state index contributed by atoms with van der Waals surface area (Å²) in [4.78, 5) is 49.5. The van der Waals surface area contributed by atoms with E-state index in [2.05, 4.69) is 0 Å².